The van der Waals surface area contributed by atoms with E-state index in [1.807, 2.05) is 0 Å². The van der Waals surface area contributed by atoms with E-state index in [2.05, 4.69) is 0 Å². The first-order valence-electron chi connectivity index (χ1n) is 2.16. The summed E-state index contributed by atoms with van der Waals surface area (Å²) in [6, 6.07) is 0. The average molecular weight is 128 g/mol. The van der Waals surface area contributed by atoms with Crippen LogP contribution < -0.4 is 24.0 Å². The van der Waals surface area contributed by atoms with E-state index in [4.69, 9.17) is 15.1 Å². The minimum Gasteiger partial charge on any atom is -0.852 e. The molecule has 0 saturated heterocycles. The number of hydrogen-bond acceptors (Lipinski definition) is 4. The second-order valence-electron chi connectivity index (χ2n) is 1.40. The van der Waals surface area contributed by atoms with Gasteiger partial charge in [-0.05, 0) is 0 Å². The zero-order valence-electron chi connectivity index (χ0n) is 5.90. The molecule has 6 heteroatoms. The van der Waals surface area contributed by atoms with E-state index in [-0.39, 0.29) is 18.9 Å². The van der Waals surface area contributed by atoms with Gasteiger partial charge < -0.3 is 20.2 Å². The normalized spacial score (nSPS) is 7.00. The van der Waals surface area contributed by atoms with E-state index in [0.717, 1.165) is 0 Å². The minimum absolute atomic E-state index is 0. The van der Waals surface area contributed by atoms with Crippen molar-refractivity contribution in [2.75, 3.05) is 0 Å². The van der Waals surface area contributed by atoms with Crippen molar-refractivity contribution in [1.29, 1.82) is 0 Å². The number of hydrogen-bond donors (Lipinski definition) is 3. The Morgan fingerprint density at radius 2 is 1.22 bits per heavy atom. The van der Waals surface area contributed by atoms with Crippen LogP contribution in [-0.2, 0) is 0 Å². The second kappa shape index (κ2) is 11.3. The summed E-state index contributed by atoms with van der Waals surface area (Å²) < 4.78 is 0. The molecule has 3 N–H and O–H groups in total. The Balaban J connectivity index is -0.0000000720. The van der Waals surface area contributed by atoms with Crippen molar-refractivity contribution >= 4 is 7.32 Å². The molecule has 0 saturated carbocycles. The topological polar surface area (TPSA) is 83.8 Å². The van der Waals surface area contributed by atoms with Crippen LogP contribution in [0.1, 0.15) is 13.8 Å². The van der Waals surface area contributed by atoms with Crippen molar-refractivity contribution in [2.24, 2.45) is 0 Å². The van der Waals surface area contributed by atoms with Crippen molar-refractivity contribution in [2.45, 2.75) is 20.0 Å². The first-order valence-corrected chi connectivity index (χ1v) is 2.16. The van der Waals surface area contributed by atoms with Crippen LogP contribution in [0.2, 0.25) is 0 Å². The van der Waals surface area contributed by atoms with Gasteiger partial charge in [0.05, 0.1) is 0 Å². The molecule has 0 radical (unpaired) electrons. The largest absolute Gasteiger partial charge is 1.00 e. The summed E-state index contributed by atoms with van der Waals surface area (Å²) in [5, 5.41) is 31.0. The van der Waals surface area contributed by atoms with Crippen molar-refractivity contribution in [3.05, 3.63) is 0 Å². The van der Waals surface area contributed by atoms with Crippen molar-refractivity contribution in [3.63, 3.8) is 0 Å². The maximum Gasteiger partial charge on any atom is 1.00 e. The molecule has 0 atom stereocenters. The Morgan fingerprint density at radius 1 is 1.22 bits per heavy atom. The molecular formula is C3H10BLiO4. The third kappa shape index (κ3) is 1420. The van der Waals surface area contributed by atoms with Crippen LogP contribution in [0.4, 0.5) is 0 Å². The summed E-state index contributed by atoms with van der Waals surface area (Å²) in [5.74, 6) is 0. The van der Waals surface area contributed by atoms with E-state index in [1.165, 1.54) is 0 Å². The van der Waals surface area contributed by atoms with E-state index in [9.17, 15) is 5.11 Å². The molecule has 0 aliphatic heterocycles. The summed E-state index contributed by atoms with van der Waals surface area (Å²) in [6.45, 7) is 3.22. The van der Waals surface area contributed by atoms with Crippen LogP contribution in [0.25, 0.3) is 0 Å². The molecule has 0 spiro atoms. The van der Waals surface area contributed by atoms with Crippen LogP contribution in [0.15, 0.2) is 0 Å². The molecule has 0 aromatic rings. The van der Waals surface area contributed by atoms with E-state index in [0.29, 0.717) is 0 Å². The fraction of sp³-hybridized carbons (Fsp3) is 1.00. The van der Waals surface area contributed by atoms with Crippen LogP contribution >= 0.6 is 0 Å². The Hall–Kier alpha value is 0.502. The van der Waals surface area contributed by atoms with Gasteiger partial charge >= 0.3 is 26.2 Å². The molecule has 4 nitrogen and oxygen atoms in total. The molecule has 9 heavy (non-hydrogen) atoms. The molecule has 0 amide bonds. The predicted octanol–water partition coefficient (Wildman–Crippen LogP) is -5.29. The predicted molar refractivity (Wildman–Crippen MR) is 27.5 cm³/mol. The SMILES string of the molecule is CC(C)[O-].OB(O)O.[Li+]. The Labute approximate surface area is 66.9 Å². The summed E-state index contributed by atoms with van der Waals surface area (Å²) in [7, 11) is -2.17. The Morgan fingerprint density at radius 3 is 1.22 bits per heavy atom. The molecular weight excluding hydrogens is 118 g/mol. The molecule has 0 aromatic carbocycles. The first-order chi connectivity index (χ1) is 3.46. The van der Waals surface area contributed by atoms with Crippen molar-refractivity contribution < 1.29 is 39.0 Å². The zero-order valence-corrected chi connectivity index (χ0v) is 5.90. The first kappa shape index (κ1) is 16.2. The molecule has 50 valence electrons. The van der Waals surface area contributed by atoms with Crippen molar-refractivity contribution in [3.8, 4) is 0 Å². The van der Waals surface area contributed by atoms with Crippen LogP contribution in [-0.4, -0.2) is 28.5 Å². The van der Waals surface area contributed by atoms with Gasteiger partial charge in [-0.25, -0.2) is 0 Å². The summed E-state index contributed by atoms with van der Waals surface area (Å²) in [5.41, 5.74) is 0. The monoisotopic (exact) mass is 128 g/mol. The molecule has 0 heterocycles. The Kier molecular flexibility index (Phi) is 20.4. The van der Waals surface area contributed by atoms with E-state index in [1.54, 1.807) is 13.8 Å². The van der Waals surface area contributed by atoms with Crippen LogP contribution in [0.5, 0.6) is 0 Å². The van der Waals surface area contributed by atoms with Gasteiger partial charge in [0.25, 0.3) is 0 Å². The quantitative estimate of drug-likeness (QED) is 0.284. The second-order valence-corrected chi connectivity index (χ2v) is 1.40. The van der Waals surface area contributed by atoms with Crippen LogP contribution in [0.3, 0.4) is 0 Å². The summed E-state index contributed by atoms with van der Waals surface area (Å²) >= 11 is 0. The molecule has 0 fully saturated rings. The zero-order chi connectivity index (χ0) is 7.15. The average Bonchev–Trinajstić information content (AvgIpc) is 1.25. The van der Waals surface area contributed by atoms with Gasteiger partial charge in [-0.3, -0.25) is 0 Å². The maximum absolute atomic E-state index is 9.53. The smallest absolute Gasteiger partial charge is 0.852 e. The minimum atomic E-state index is -2.17. The third-order valence-corrected chi connectivity index (χ3v) is 0. The van der Waals surface area contributed by atoms with E-state index >= 15 is 0 Å². The van der Waals surface area contributed by atoms with E-state index < -0.39 is 13.4 Å². The third-order valence-electron chi connectivity index (χ3n) is 0. The van der Waals surface area contributed by atoms with Gasteiger partial charge in [0.1, 0.15) is 0 Å². The molecule has 0 aliphatic rings. The molecule has 0 aromatic heterocycles. The fourth-order valence-corrected chi connectivity index (χ4v) is 0. The molecule has 0 aliphatic carbocycles. The standard InChI is InChI=1S/C3H7O.BH3O3.Li/c1-3(2)4;2-1(3)4;/h3H,1-2H3;2-4H;/q-1;;+1. The molecule has 0 bridgehead atoms. The fourth-order valence-electron chi connectivity index (χ4n) is 0. The van der Waals surface area contributed by atoms with Crippen molar-refractivity contribution in [1.82, 2.24) is 0 Å². The number of rotatable bonds is 0. The van der Waals surface area contributed by atoms with Gasteiger partial charge in [0, 0.05) is 0 Å². The Bertz CT molecular complexity index is 31.3. The van der Waals surface area contributed by atoms with Gasteiger partial charge in [0.2, 0.25) is 0 Å². The van der Waals surface area contributed by atoms with Gasteiger partial charge in [-0.15, -0.1) is 6.10 Å². The van der Waals surface area contributed by atoms with Gasteiger partial charge in [-0.1, -0.05) is 13.8 Å². The summed E-state index contributed by atoms with van der Waals surface area (Å²) in [4.78, 5) is 0. The van der Waals surface area contributed by atoms with Crippen LogP contribution in [0, 0.1) is 0 Å². The summed E-state index contributed by atoms with van der Waals surface area (Å²) in [6.07, 6.45) is -0.417. The van der Waals surface area contributed by atoms with Gasteiger partial charge in [0.15, 0.2) is 0 Å². The molecule has 0 unspecified atom stereocenters. The molecule has 0 rings (SSSR count). The van der Waals surface area contributed by atoms with Gasteiger partial charge in [-0.2, -0.15) is 0 Å². The maximum atomic E-state index is 9.53.